The van der Waals surface area contributed by atoms with E-state index in [1.54, 1.807) is 35.9 Å². The van der Waals surface area contributed by atoms with E-state index in [0.717, 1.165) is 33.2 Å². The van der Waals surface area contributed by atoms with E-state index in [1.165, 1.54) is 12.0 Å². The number of fused-ring (bicyclic) bond motifs is 3. The van der Waals surface area contributed by atoms with E-state index in [9.17, 15) is 9.59 Å². The zero-order valence-corrected chi connectivity index (χ0v) is 19.4. The molecule has 1 spiro atoms. The third-order valence-electron chi connectivity index (χ3n) is 6.73. The second-order valence-corrected chi connectivity index (χ2v) is 9.07. The monoisotopic (exact) mass is 486 g/mol. The largest absolute Gasteiger partial charge is 0.453 e. The first kappa shape index (κ1) is 21.4. The van der Waals surface area contributed by atoms with Crippen LogP contribution >= 0.6 is 11.6 Å². The Balaban J connectivity index is 1.44. The van der Waals surface area contributed by atoms with Gasteiger partial charge in [-0.3, -0.25) is 14.8 Å². The molecule has 6 rings (SSSR count). The third kappa shape index (κ3) is 3.23. The lowest BCUT2D eigenvalue weighted by Crippen LogP contribution is -2.65. The first-order valence-corrected chi connectivity index (χ1v) is 11.3. The molecule has 2 aliphatic rings. The second-order valence-electron chi connectivity index (χ2n) is 8.63. The van der Waals surface area contributed by atoms with Crippen molar-refractivity contribution in [1.82, 2.24) is 25.1 Å². The van der Waals surface area contributed by atoms with Gasteiger partial charge in [0.2, 0.25) is 5.91 Å². The van der Waals surface area contributed by atoms with Gasteiger partial charge < -0.3 is 14.5 Å². The lowest BCUT2D eigenvalue weighted by atomic mass is 9.75. The van der Waals surface area contributed by atoms with Crippen molar-refractivity contribution < 1.29 is 14.3 Å². The maximum atomic E-state index is 13.8. The van der Waals surface area contributed by atoms with Gasteiger partial charge in [0, 0.05) is 47.0 Å². The highest BCUT2D eigenvalue weighted by Gasteiger charge is 2.59. The average Bonchev–Trinajstić information content (AvgIpc) is 3.11. The lowest BCUT2D eigenvalue weighted by Gasteiger charge is -2.45. The number of ether oxygens (including phenoxy) is 1. The van der Waals surface area contributed by atoms with Crippen molar-refractivity contribution >= 4 is 40.1 Å². The molecule has 0 atom stereocenters. The van der Waals surface area contributed by atoms with Crippen molar-refractivity contribution in [2.24, 2.45) is 0 Å². The van der Waals surface area contributed by atoms with E-state index in [4.69, 9.17) is 21.3 Å². The molecule has 174 valence electrons. The minimum absolute atomic E-state index is 0.0857. The van der Waals surface area contributed by atoms with Crippen LogP contribution in [0.2, 0.25) is 5.02 Å². The smallest absolute Gasteiger partial charge is 0.409 e. The summed E-state index contributed by atoms with van der Waals surface area (Å²) < 4.78 is 4.84. The molecular weight excluding hydrogens is 468 g/mol. The number of amides is 2. The van der Waals surface area contributed by atoms with Crippen LogP contribution in [0.1, 0.15) is 11.3 Å². The summed E-state index contributed by atoms with van der Waals surface area (Å²) in [6.45, 7) is 0.751. The summed E-state index contributed by atoms with van der Waals surface area (Å²) in [7, 11) is 1.34. The Bertz CT molecular complexity index is 1490. The highest BCUT2D eigenvalue weighted by Crippen LogP contribution is 2.48. The molecule has 0 saturated carbocycles. The molecule has 9 nitrogen and oxygen atoms in total. The molecule has 2 aliphatic heterocycles. The highest BCUT2D eigenvalue weighted by atomic mass is 35.5. The summed E-state index contributed by atoms with van der Waals surface area (Å²) in [5, 5.41) is 10.4. The van der Waals surface area contributed by atoms with Crippen LogP contribution in [0.4, 0.5) is 10.5 Å². The van der Waals surface area contributed by atoms with Crippen LogP contribution in [-0.2, 0) is 21.5 Å². The molecule has 1 saturated heterocycles. The molecule has 1 fully saturated rings. The van der Waals surface area contributed by atoms with Crippen LogP contribution in [0, 0.1) is 0 Å². The summed E-state index contributed by atoms with van der Waals surface area (Å²) in [4.78, 5) is 38.1. The van der Waals surface area contributed by atoms with Crippen molar-refractivity contribution in [2.45, 2.75) is 12.0 Å². The number of nitrogens with zero attached hydrogens (tertiary/aromatic N) is 6. The number of anilines is 1. The topological polar surface area (TPSA) is 101 Å². The quantitative estimate of drug-likeness (QED) is 0.436. The molecule has 3 aromatic heterocycles. The van der Waals surface area contributed by atoms with Crippen LogP contribution in [0.3, 0.4) is 0 Å². The van der Waals surface area contributed by atoms with Crippen LogP contribution < -0.4 is 4.90 Å². The number of hydrogen-bond donors (Lipinski definition) is 0. The summed E-state index contributed by atoms with van der Waals surface area (Å²) >= 11 is 6.22. The number of halogens is 1. The summed E-state index contributed by atoms with van der Waals surface area (Å²) in [5.41, 5.74) is 3.17. The maximum absolute atomic E-state index is 13.8. The Morgan fingerprint density at radius 2 is 1.97 bits per heavy atom. The maximum Gasteiger partial charge on any atom is 0.409 e. The van der Waals surface area contributed by atoms with E-state index in [2.05, 4.69) is 15.2 Å². The van der Waals surface area contributed by atoms with Gasteiger partial charge in [-0.2, -0.15) is 10.2 Å². The Hall–Kier alpha value is -4.11. The van der Waals surface area contributed by atoms with Crippen LogP contribution in [0.5, 0.6) is 0 Å². The summed E-state index contributed by atoms with van der Waals surface area (Å²) in [6, 6.07) is 9.35. The standard InChI is InChI=1S/C25H19ClN6O3/c1-35-24(34)31-13-25(14-31)19-5-6-27-11-21(19)32(23(25)33)12-20-22(15-4-7-29-30-10-15)18-3-2-17(26)8-16(18)9-28-20/h2-11H,12-14H2,1H3. The first-order valence-electron chi connectivity index (χ1n) is 11.0. The van der Waals surface area contributed by atoms with Gasteiger partial charge in [-0.25, -0.2) is 4.79 Å². The number of benzene rings is 1. The second kappa shape index (κ2) is 7.99. The summed E-state index contributed by atoms with van der Waals surface area (Å²) in [5.74, 6) is -0.0857. The van der Waals surface area contributed by atoms with Gasteiger partial charge in [-0.05, 0) is 35.2 Å². The predicted octanol–water partition coefficient (Wildman–Crippen LogP) is 3.61. The van der Waals surface area contributed by atoms with E-state index >= 15 is 0 Å². The minimum Gasteiger partial charge on any atom is -0.453 e. The van der Waals surface area contributed by atoms with E-state index in [-0.39, 0.29) is 25.5 Å². The number of pyridine rings is 2. The highest BCUT2D eigenvalue weighted by molar-refractivity contribution is 6.31. The average molecular weight is 487 g/mol. The van der Waals surface area contributed by atoms with Crippen molar-refractivity contribution in [3.63, 3.8) is 0 Å². The van der Waals surface area contributed by atoms with Gasteiger partial charge in [0.1, 0.15) is 5.41 Å². The molecular formula is C25H19ClN6O3. The molecule has 4 aromatic rings. The number of aromatic nitrogens is 4. The zero-order valence-electron chi connectivity index (χ0n) is 18.7. The molecule has 0 radical (unpaired) electrons. The van der Waals surface area contributed by atoms with Crippen molar-refractivity contribution in [3.8, 4) is 11.1 Å². The number of hydrogen-bond acceptors (Lipinski definition) is 7. The molecule has 0 N–H and O–H groups in total. The minimum atomic E-state index is -0.810. The van der Waals surface area contributed by atoms with Gasteiger partial charge in [-0.1, -0.05) is 17.7 Å². The van der Waals surface area contributed by atoms with Crippen LogP contribution in [0.15, 0.2) is 61.3 Å². The summed E-state index contributed by atoms with van der Waals surface area (Å²) in [6.07, 6.45) is 7.98. The molecule has 10 heteroatoms. The SMILES string of the molecule is COC(=O)N1CC2(C1)C(=O)N(Cc1ncc3cc(Cl)ccc3c1-c1ccnnc1)c1cnccc12. The number of carbonyl (C=O) groups is 2. The Morgan fingerprint density at radius 1 is 1.11 bits per heavy atom. The molecule has 0 bridgehead atoms. The van der Waals surface area contributed by atoms with Gasteiger partial charge in [0.15, 0.2) is 0 Å². The molecule has 2 amide bonds. The third-order valence-corrected chi connectivity index (χ3v) is 6.96. The van der Waals surface area contributed by atoms with Crippen molar-refractivity contribution in [3.05, 3.63) is 77.6 Å². The molecule has 1 aromatic carbocycles. The van der Waals surface area contributed by atoms with E-state index in [0.29, 0.717) is 10.7 Å². The fourth-order valence-electron chi connectivity index (χ4n) is 5.08. The molecule has 0 aliphatic carbocycles. The van der Waals surface area contributed by atoms with Gasteiger partial charge in [0.25, 0.3) is 0 Å². The van der Waals surface area contributed by atoms with Crippen LogP contribution in [0.25, 0.3) is 21.9 Å². The van der Waals surface area contributed by atoms with Gasteiger partial charge in [0.05, 0.1) is 43.6 Å². The number of methoxy groups -OCH3 is 1. The fourth-order valence-corrected chi connectivity index (χ4v) is 5.26. The zero-order chi connectivity index (χ0) is 24.2. The Morgan fingerprint density at radius 3 is 2.74 bits per heavy atom. The van der Waals surface area contributed by atoms with Crippen molar-refractivity contribution in [1.29, 1.82) is 0 Å². The number of likely N-dealkylation sites (tertiary alicyclic amines) is 1. The van der Waals surface area contributed by atoms with E-state index < -0.39 is 11.5 Å². The van der Waals surface area contributed by atoms with E-state index in [1.807, 2.05) is 30.3 Å². The number of rotatable bonds is 3. The van der Waals surface area contributed by atoms with Crippen molar-refractivity contribution in [2.75, 3.05) is 25.1 Å². The van der Waals surface area contributed by atoms with Gasteiger partial charge >= 0.3 is 6.09 Å². The Kier molecular flexibility index (Phi) is 4.89. The van der Waals surface area contributed by atoms with Crippen LogP contribution in [-0.4, -0.2) is 57.3 Å². The Labute approximate surface area is 205 Å². The number of carbonyl (C=O) groups excluding carboxylic acids is 2. The fraction of sp³-hybridized carbons (Fsp3) is 0.200. The van der Waals surface area contributed by atoms with Gasteiger partial charge in [-0.15, -0.1) is 0 Å². The lowest BCUT2D eigenvalue weighted by molar-refractivity contribution is -0.128. The molecule has 0 unspecified atom stereocenters. The first-order chi connectivity index (χ1) is 17.0. The molecule has 35 heavy (non-hydrogen) atoms. The normalized spacial score (nSPS) is 15.9. The molecule has 5 heterocycles. The predicted molar refractivity (Wildman–Crippen MR) is 129 cm³/mol.